The van der Waals surface area contributed by atoms with Gasteiger partial charge in [-0.25, -0.2) is 0 Å². The lowest BCUT2D eigenvalue weighted by Crippen LogP contribution is -2.30. The number of nitrogens with one attached hydrogen (secondary N) is 2. The largest absolute Gasteiger partial charge is 0.396 e. The SMILES string of the molecule is Nc1cncc(N)c1NCCC1CCCNC1. The minimum absolute atomic E-state index is 0.617. The van der Waals surface area contributed by atoms with Crippen molar-refractivity contribution in [3.8, 4) is 0 Å². The summed E-state index contributed by atoms with van der Waals surface area (Å²) in [6.45, 7) is 3.20. The maximum atomic E-state index is 5.82. The topological polar surface area (TPSA) is 89.0 Å². The molecule has 0 amide bonds. The van der Waals surface area contributed by atoms with Gasteiger partial charge in [-0.3, -0.25) is 4.98 Å². The minimum Gasteiger partial charge on any atom is -0.396 e. The Morgan fingerprint density at radius 2 is 2.12 bits per heavy atom. The molecule has 5 nitrogen and oxygen atoms in total. The number of piperidine rings is 1. The van der Waals surface area contributed by atoms with E-state index in [1.54, 1.807) is 12.4 Å². The molecule has 94 valence electrons. The first-order chi connectivity index (χ1) is 8.27. The molecular formula is C12H21N5. The highest BCUT2D eigenvalue weighted by atomic mass is 14.9. The first-order valence-corrected chi connectivity index (χ1v) is 6.21. The number of nitrogens with zero attached hydrogens (tertiary/aromatic N) is 1. The van der Waals surface area contributed by atoms with Gasteiger partial charge >= 0.3 is 0 Å². The maximum absolute atomic E-state index is 5.82. The molecule has 1 aliphatic heterocycles. The van der Waals surface area contributed by atoms with Crippen LogP contribution in [0.25, 0.3) is 0 Å². The Morgan fingerprint density at radius 3 is 2.76 bits per heavy atom. The van der Waals surface area contributed by atoms with Gasteiger partial charge in [-0.1, -0.05) is 0 Å². The fourth-order valence-corrected chi connectivity index (χ4v) is 2.27. The second kappa shape index (κ2) is 5.72. The van der Waals surface area contributed by atoms with Crippen LogP contribution < -0.4 is 22.1 Å². The predicted molar refractivity (Wildman–Crippen MR) is 71.8 cm³/mol. The summed E-state index contributed by atoms with van der Waals surface area (Å²) in [4.78, 5) is 3.94. The number of aromatic nitrogens is 1. The standard InChI is InChI=1S/C12H21N5/c13-10-7-16-8-11(14)12(10)17-5-3-9-2-1-4-15-6-9/h7-9,15H,1-6,13-14H2,(H,16,17). The zero-order chi connectivity index (χ0) is 12.1. The fourth-order valence-electron chi connectivity index (χ4n) is 2.27. The van der Waals surface area contributed by atoms with E-state index in [9.17, 15) is 0 Å². The third kappa shape index (κ3) is 3.23. The second-order valence-electron chi connectivity index (χ2n) is 4.62. The van der Waals surface area contributed by atoms with E-state index in [1.165, 1.54) is 12.8 Å². The van der Waals surface area contributed by atoms with E-state index >= 15 is 0 Å². The highest BCUT2D eigenvalue weighted by molar-refractivity contribution is 5.77. The van der Waals surface area contributed by atoms with E-state index in [1.807, 2.05) is 0 Å². The summed E-state index contributed by atoms with van der Waals surface area (Å²) in [5.41, 5.74) is 13.7. The van der Waals surface area contributed by atoms with Crippen LogP contribution in [0.4, 0.5) is 17.1 Å². The van der Waals surface area contributed by atoms with E-state index in [-0.39, 0.29) is 0 Å². The Bertz CT molecular complexity index is 340. The van der Waals surface area contributed by atoms with Crippen LogP contribution in [0.15, 0.2) is 12.4 Å². The summed E-state index contributed by atoms with van der Waals surface area (Å²) in [5, 5.41) is 6.73. The molecule has 6 N–H and O–H groups in total. The van der Waals surface area contributed by atoms with Crippen LogP contribution in [0.3, 0.4) is 0 Å². The van der Waals surface area contributed by atoms with Gasteiger partial charge in [0.2, 0.25) is 0 Å². The van der Waals surface area contributed by atoms with Crippen molar-refractivity contribution < 1.29 is 0 Å². The van der Waals surface area contributed by atoms with Crippen LogP contribution in [-0.2, 0) is 0 Å². The fraction of sp³-hybridized carbons (Fsp3) is 0.583. The molecule has 0 spiro atoms. The molecule has 0 aromatic carbocycles. The zero-order valence-corrected chi connectivity index (χ0v) is 10.1. The van der Waals surface area contributed by atoms with E-state index in [0.29, 0.717) is 11.4 Å². The summed E-state index contributed by atoms with van der Waals surface area (Å²) >= 11 is 0. The second-order valence-corrected chi connectivity index (χ2v) is 4.62. The number of anilines is 3. The quantitative estimate of drug-likeness (QED) is 0.626. The van der Waals surface area contributed by atoms with Crippen molar-refractivity contribution in [2.75, 3.05) is 36.4 Å². The molecule has 1 unspecified atom stereocenters. The first kappa shape index (κ1) is 12.0. The molecule has 1 aromatic rings. The average Bonchev–Trinajstić information content (AvgIpc) is 2.34. The van der Waals surface area contributed by atoms with Crippen molar-refractivity contribution in [1.29, 1.82) is 0 Å². The van der Waals surface area contributed by atoms with Crippen LogP contribution in [0.2, 0.25) is 0 Å². The zero-order valence-electron chi connectivity index (χ0n) is 10.1. The Hall–Kier alpha value is -1.49. The van der Waals surface area contributed by atoms with E-state index in [0.717, 1.165) is 37.7 Å². The summed E-state index contributed by atoms with van der Waals surface area (Å²) in [6.07, 6.45) is 7.00. The molecule has 1 atom stereocenters. The van der Waals surface area contributed by atoms with Crippen molar-refractivity contribution >= 4 is 17.1 Å². The molecule has 1 aliphatic rings. The molecule has 0 saturated carbocycles. The normalized spacial score (nSPS) is 20.1. The Balaban J connectivity index is 1.81. The molecule has 0 bridgehead atoms. The van der Waals surface area contributed by atoms with Gasteiger partial charge in [-0.2, -0.15) is 0 Å². The molecule has 5 heteroatoms. The number of hydrogen-bond acceptors (Lipinski definition) is 5. The van der Waals surface area contributed by atoms with Crippen LogP contribution in [0.1, 0.15) is 19.3 Å². The number of nitrogens with two attached hydrogens (primary N) is 2. The molecule has 17 heavy (non-hydrogen) atoms. The van der Waals surface area contributed by atoms with Crippen LogP contribution in [-0.4, -0.2) is 24.6 Å². The predicted octanol–water partition coefficient (Wildman–Crippen LogP) is 1.05. The van der Waals surface area contributed by atoms with Gasteiger partial charge in [-0.15, -0.1) is 0 Å². The number of nitrogen functional groups attached to an aromatic ring is 2. The van der Waals surface area contributed by atoms with E-state index in [2.05, 4.69) is 15.6 Å². The third-order valence-corrected chi connectivity index (χ3v) is 3.26. The third-order valence-electron chi connectivity index (χ3n) is 3.26. The van der Waals surface area contributed by atoms with Gasteiger partial charge in [0.25, 0.3) is 0 Å². The van der Waals surface area contributed by atoms with Gasteiger partial charge in [0.1, 0.15) is 0 Å². The van der Waals surface area contributed by atoms with Crippen molar-refractivity contribution in [1.82, 2.24) is 10.3 Å². The molecule has 0 radical (unpaired) electrons. The van der Waals surface area contributed by atoms with Gasteiger partial charge in [0, 0.05) is 6.54 Å². The molecule has 1 aromatic heterocycles. The van der Waals surface area contributed by atoms with Crippen LogP contribution >= 0.6 is 0 Å². The Morgan fingerprint density at radius 1 is 1.35 bits per heavy atom. The molecule has 2 heterocycles. The van der Waals surface area contributed by atoms with Crippen molar-refractivity contribution in [2.24, 2.45) is 5.92 Å². The van der Waals surface area contributed by atoms with E-state index < -0.39 is 0 Å². The van der Waals surface area contributed by atoms with Crippen LogP contribution in [0.5, 0.6) is 0 Å². The Kier molecular flexibility index (Phi) is 4.03. The van der Waals surface area contributed by atoms with Gasteiger partial charge < -0.3 is 22.1 Å². The minimum atomic E-state index is 0.617. The van der Waals surface area contributed by atoms with Crippen LogP contribution in [0, 0.1) is 5.92 Å². The molecule has 0 aliphatic carbocycles. The Labute approximate surface area is 102 Å². The number of hydrogen-bond donors (Lipinski definition) is 4. The van der Waals surface area contributed by atoms with Crippen molar-refractivity contribution in [3.63, 3.8) is 0 Å². The van der Waals surface area contributed by atoms with Gasteiger partial charge in [-0.05, 0) is 38.3 Å². The molecular weight excluding hydrogens is 214 g/mol. The first-order valence-electron chi connectivity index (χ1n) is 6.21. The van der Waals surface area contributed by atoms with E-state index in [4.69, 9.17) is 11.5 Å². The average molecular weight is 235 g/mol. The molecule has 1 fully saturated rings. The maximum Gasteiger partial charge on any atom is 0.0839 e. The van der Waals surface area contributed by atoms with Gasteiger partial charge in [0.05, 0.1) is 29.5 Å². The lowest BCUT2D eigenvalue weighted by atomic mass is 9.96. The highest BCUT2D eigenvalue weighted by Crippen LogP contribution is 2.24. The molecule has 2 rings (SSSR count). The summed E-state index contributed by atoms with van der Waals surface area (Å²) in [7, 11) is 0. The van der Waals surface area contributed by atoms with Gasteiger partial charge in [0.15, 0.2) is 0 Å². The number of pyridine rings is 1. The summed E-state index contributed by atoms with van der Waals surface area (Å²) < 4.78 is 0. The smallest absolute Gasteiger partial charge is 0.0839 e. The summed E-state index contributed by atoms with van der Waals surface area (Å²) in [6, 6.07) is 0. The van der Waals surface area contributed by atoms with Crippen molar-refractivity contribution in [2.45, 2.75) is 19.3 Å². The lowest BCUT2D eigenvalue weighted by Gasteiger charge is -2.23. The van der Waals surface area contributed by atoms with Crippen molar-refractivity contribution in [3.05, 3.63) is 12.4 Å². The monoisotopic (exact) mass is 235 g/mol. The number of rotatable bonds is 4. The molecule has 1 saturated heterocycles. The highest BCUT2D eigenvalue weighted by Gasteiger charge is 2.12. The summed E-state index contributed by atoms with van der Waals surface area (Å²) in [5.74, 6) is 0.764. The lowest BCUT2D eigenvalue weighted by molar-refractivity contribution is 0.364.